The highest BCUT2D eigenvalue weighted by Gasteiger charge is 2.16. The molecule has 144 valence electrons. The van der Waals surface area contributed by atoms with Crippen LogP contribution in [0.4, 0.5) is 0 Å². The summed E-state index contributed by atoms with van der Waals surface area (Å²) in [5, 5.41) is 5.81. The fraction of sp³-hybridized carbons (Fsp3) is 0.273. The number of thiazole rings is 1. The lowest BCUT2D eigenvalue weighted by Crippen LogP contribution is -2.22. The number of nitrogens with one attached hydrogen (secondary N) is 1. The summed E-state index contributed by atoms with van der Waals surface area (Å²) >= 11 is 1.54. The van der Waals surface area contributed by atoms with Gasteiger partial charge in [0.2, 0.25) is 0 Å². The van der Waals surface area contributed by atoms with Crippen LogP contribution in [0.3, 0.4) is 0 Å². The first-order chi connectivity index (χ1) is 13.8. The molecular formula is C22H22N2O3S. The summed E-state index contributed by atoms with van der Waals surface area (Å²) in [4.78, 5) is 17.0. The van der Waals surface area contributed by atoms with Gasteiger partial charge < -0.3 is 14.8 Å². The van der Waals surface area contributed by atoms with Gasteiger partial charge in [-0.2, -0.15) is 0 Å². The molecule has 0 aliphatic carbocycles. The summed E-state index contributed by atoms with van der Waals surface area (Å²) in [5.74, 6) is 0.626. The molecular weight excluding hydrogens is 372 g/mol. The van der Waals surface area contributed by atoms with Crippen LogP contribution in [0.2, 0.25) is 0 Å². The highest BCUT2D eigenvalue weighted by atomic mass is 32.1. The van der Waals surface area contributed by atoms with Crippen molar-refractivity contribution in [1.29, 1.82) is 0 Å². The van der Waals surface area contributed by atoms with Gasteiger partial charge in [-0.1, -0.05) is 30.3 Å². The Labute approximate surface area is 168 Å². The summed E-state index contributed by atoms with van der Waals surface area (Å²) in [7, 11) is 0. The molecule has 0 spiro atoms. The Bertz CT molecular complexity index is 903. The molecule has 1 N–H and O–H groups in total. The third-order valence-corrected chi connectivity index (χ3v) is 5.45. The van der Waals surface area contributed by atoms with Gasteiger partial charge in [0, 0.05) is 23.1 Å². The molecule has 2 aromatic carbocycles. The van der Waals surface area contributed by atoms with Gasteiger partial charge in [-0.05, 0) is 37.1 Å². The molecule has 4 rings (SSSR count). The summed E-state index contributed by atoms with van der Waals surface area (Å²) in [5.41, 5.74) is 2.61. The molecule has 3 aromatic rings. The molecule has 1 aromatic heterocycles. The minimum atomic E-state index is -0.123. The monoisotopic (exact) mass is 394 g/mol. The van der Waals surface area contributed by atoms with E-state index in [0.717, 1.165) is 41.5 Å². The van der Waals surface area contributed by atoms with Crippen molar-refractivity contribution in [2.75, 3.05) is 13.2 Å². The number of aromatic nitrogens is 1. The fourth-order valence-electron chi connectivity index (χ4n) is 3.06. The van der Waals surface area contributed by atoms with Crippen molar-refractivity contribution in [3.05, 3.63) is 70.5 Å². The predicted molar refractivity (Wildman–Crippen MR) is 110 cm³/mol. The first kappa shape index (κ1) is 18.7. The predicted octanol–water partition coefficient (Wildman–Crippen LogP) is 4.30. The molecule has 1 saturated heterocycles. The number of ether oxygens (including phenoxy) is 2. The second-order valence-electron chi connectivity index (χ2n) is 6.65. The summed E-state index contributed by atoms with van der Waals surface area (Å²) in [6.45, 7) is 1.78. The van der Waals surface area contributed by atoms with Crippen LogP contribution in [0.25, 0.3) is 11.3 Å². The Morgan fingerprint density at radius 2 is 2.00 bits per heavy atom. The van der Waals surface area contributed by atoms with Crippen LogP contribution in [-0.2, 0) is 11.3 Å². The number of hydrogen-bond acceptors (Lipinski definition) is 5. The van der Waals surface area contributed by atoms with E-state index in [1.807, 2.05) is 47.8 Å². The topological polar surface area (TPSA) is 60.5 Å². The molecule has 28 heavy (non-hydrogen) atoms. The van der Waals surface area contributed by atoms with Crippen LogP contribution >= 0.6 is 11.3 Å². The number of rotatable bonds is 7. The van der Waals surface area contributed by atoms with Gasteiger partial charge in [0.05, 0.1) is 18.3 Å². The van der Waals surface area contributed by atoms with Crippen LogP contribution < -0.4 is 10.1 Å². The lowest BCUT2D eigenvalue weighted by atomic mass is 10.2. The highest BCUT2D eigenvalue weighted by molar-refractivity contribution is 7.09. The van der Waals surface area contributed by atoms with Crippen molar-refractivity contribution in [1.82, 2.24) is 10.3 Å². The Morgan fingerprint density at radius 1 is 1.18 bits per heavy atom. The maximum atomic E-state index is 12.4. The Hall–Kier alpha value is -2.70. The van der Waals surface area contributed by atoms with Crippen LogP contribution in [0, 0.1) is 0 Å². The minimum Gasteiger partial charge on any atom is -0.491 e. The maximum Gasteiger partial charge on any atom is 0.251 e. The lowest BCUT2D eigenvalue weighted by Gasteiger charge is -2.11. The maximum absolute atomic E-state index is 12.4. The van der Waals surface area contributed by atoms with E-state index < -0.39 is 0 Å². The molecule has 5 nitrogen and oxygen atoms in total. The second-order valence-corrected chi connectivity index (χ2v) is 7.59. The zero-order chi connectivity index (χ0) is 19.2. The van der Waals surface area contributed by atoms with E-state index in [1.165, 1.54) is 0 Å². The molecule has 1 unspecified atom stereocenters. The van der Waals surface area contributed by atoms with Crippen LogP contribution in [0.1, 0.15) is 28.2 Å². The first-order valence-corrected chi connectivity index (χ1v) is 10.3. The summed E-state index contributed by atoms with van der Waals surface area (Å²) < 4.78 is 11.3. The van der Waals surface area contributed by atoms with Crippen molar-refractivity contribution in [2.24, 2.45) is 0 Å². The molecule has 2 heterocycles. The van der Waals surface area contributed by atoms with Crippen molar-refractivity contribution >= 4 is 17.2 Å². The average Bonchev–Trinajstić information content (AvgIpc) is 3.44. The van der Waals surface area contributed by atoms with E-state index in [9.17, 15) is 4.79 Å². The molecule has 1 aliphatic heterocycles. The van der Waals surface area contributed by atoms with Gasteiger partial charge in [0.1, 0.15) is 17.4 Å². The van der Waals surface area contributed by atoms with Gasteiger partial charge in [-0.25, -0.2) is 4.98 Å². The molecule has 1 atom stereocenters. The second kappa shape index (κ2) is 8.99. The number of amides is 1. The number of hydrogen-bond donors (Lipinski definition) is 1. The molecule has 1 fully saturated rings. The molecule has 1 aliphatic rings. The van der Waals surface area contributed by atoms with Gasteiger partial charge in [-0.15, -0.1) is 11.3 Å². The molecule has 6 heteroatoms. The average molecular weight is 394 g/mol. The van der Waals surface area contributed by atoms with Gasteiger partial charge in [0.15, 0.2) is 0 Å². The molecule has 0 radical (unpaired) electrons. The van der Waals surface area contributed by atoms with Crippen LogP contribution in [0.15, 0.2) is 60.0 Å². The Balaban J connectivity index is 1.28. The fourth-order valence-corrected chi connectivity index (χ4v) is 3.80. The number of carbonyl (C=O) groups is 1. The van der Waals surface area contributed by atoms with Gasteiger partial charge in [0.25, 0.3) is 5.91 Å². The summed E-state index contributed by atoms with van der Waals surface area (Å²) in [6, 6.07) is 17.2. The zero-order valence-electron chi connectivity index (χ0n) is 15.5. The number of benzene rings is 2. The van der Waals surface area contributed by atoms with Crippen molar-refractivity contribution in [2.45, 2.75) is 25.5 Å². The van der Waals surface area contributed by atoms with Crippen LogP contribution in [0.5, 0.6) is 5.75 Å². The van der Waals surface area contributed by atoms with E-state index >= 15 is 0 Å². The van der Waals surface area contributed by atoms with Crippen molar-refractivity contribution in [3.63, 3.8) is 0 Å². The van der Waals surface area contributed by atoms with E-state index in [-0.39, 0.29) is 12.0 Å². The van der Waals surface area contributed by atoms with Gasteiger partial charge in [-0.3, -0.25) is 4.79 Å². The smallest absolute Gasteiger partial charge is 0.251 e. The SMILES string of the molecule is O=C(NCc1nc(-c2ccccc2)cs1)c1ccc(OCC2CCCO2)cc1. The lowest BCUT2D eigenvalue weighted by molar-refractivity contribution is 0.0679. The first-order valence-electron chi connectivity index (χ1n) is 9.40. The quantitative estimate of drug-likeness (QED) is 0.649. The van der Waals surface area contributed by atoms with Crippen LogP contribution in [-0.4, -0.2) is 30.2 Å². The van der Waals surface area contributed by atoms with E-state index in [2.05, 4.69) is 10.3 Å². The van der Waals surface area contributed by atoms with Crippen molar-refractivity contribution < 1.29 is 14.3 Å². The normalized spacial score (nSPS) is 16.1. The third-order valence-electron chi connectivity index (χ3n) is 4.60. The number of carbonyl (C=O) groups excluding carboxylic acids is 1. The third kappa shape index (κ3) is 4.77. The largest absolute Gasteiger partial charge is 0.491 e. The minimum absolute atomic E-state index is 0.123. The standard InChI is InChI=1S/C22H22N2O3S/c25-22(17-8-10-18(11-9-17)27-14-19-7-4-12-26-19)23-13-21-24-20(15-28-21)16-5-2-1-3-6-16/h1-3,5-6,8-11,15,19H,4,7,12-14H2,(H,23,25). The Kier molecular flexibility index (Phi) is 5.99. The summed E-state index contributed by atoms with van der Waals surface area (Å²) in [6.07, 6.45) is 2.32. The van der Waals surface area contributed by atoms with E-state index in [0.29, 0.717) is 18.7 Å². The Morgan fingerprint density at radius 3 is 2.75 bits per heavy atom. The highest BCUT2D eigenvalue weighted by Crippen LogP contribution is 2.21. The molecule has 0 saturated carbocycles. The molecule has 0 bridgehead atoms. The van der Waals surface area contributed by atoms with E-state index in [1.54, 1.807) is 23.5 Å². The van der Waals surface area contributed by atoms with Crippen molar-refractivity contribution in [3.8, 4) is 17.0 Å². The van der Waals surface area contributed by atoms with Gasteiger partial charge >= 0.3 is 0 Å². The van der Waals surface area contributed by atoms with E-state index in [4.69, 9.17) is 9.47 Å². The molecule has 1 amide bonds. The number of nitrogens with zero attached hydrogens (tertiary/aromatic N) is 1. The zero-order valence-corrected chi connectivity index (χ0v) is 16.3.